The van der Waals surface area contributed by atoms with Gasteiger partial charge in [0.05, 0.1) is 10.6 Å². The molecule has 12 heteroatoms. The molecule has 1 saturated heterocycles. The minimum absolute atomic E-state index is 0.0385. The zero-order valence-corrected chi connectivity index (χ0v) is 17.2. The topological polar surface area (TPSA) is 87.7 Å². The first kappa shape index (κ1) is 22.0. The molecule has 1 aromatic carbocycles. The van der Waals surface area contributed by atoms with Crippen molar-refractivity contribution in [1.82, 2.24) is 9.88 Å². The Bertz CT molecular complexity index is 1120. The molecule has 2 aromatic rings. The van der Waals surface area contributed by atoms with Crippen LogP contribution in [0, 0.1) is 0 Å². The number of nitrogens with zero attached hydrogens (tertiary/aromatic N) is 3. The fourth-order valence-electron chi connectivity index (χ4n) is 2.96. The van der Waals surface area contributed by atoms with Crippen LogP contribution in [-0.4, -0.2) is 41.3 Å². The van der Waals surface area contributed by atoms with Crippen molar-refractivity contribution in [1.29, 1.82) is 0 Å². The standard InChI is InChI=1S/C18H15ClF3N3O4S/c1-17(2)15(26)25(16(27)24(17)10-11-7-8-23-14(19)9-11)12-3-5-13(6-4-12)30(28,29)18(20,21)22/h3-9H,10H2,1-2H3. The van der Waals surface area contributed by atoms with E-state index in [2.05, 4.69) is 4.98 Å². The van der Waals surface area contributed by atoms with Gasteiger partial charge in [-0.25, -0.2) is 23.1 Å². The molecular formula is C18H15ClF3N3O4S. The van der Waals surface area contributed by atoms with Crippen molar-refractivity contribution in [2.75, 3.05) is 4.90 Å². The van der Waals surface area contributed by atoms with E-state index in [0.717, 1.165) is 17.0 Å². The molecule has 1 fully saturated rings. The van der Waals surface area contributed by atoms with Crippen molar-refractivity contribution >= 4 is 39.1 Å². The summed E-state index contributed by atoms with van der Waals surface area (Å²) in [6.45, 7) is 3.09. The van der Waals surface area contributed by atoms with Crippen LogP contribution >= 0.6 is 11.6 Å². The number of hydrogen-bond acceptors (Lipinski definition) is 5. The SMILES string of the molecule is CC1(C)C(=O)N(c2ccc(S(=O)(=O)C(F)(F)F)cc2)C(=O)N1Cc1ccnc(Cl)c1. The summed E-state index contributed by atoms with van der Waals surface area (Å²) in [6.07, 6.45) is 1.45. The normalized spacial score (nSPS) is 17.0. The van der Waals surface area contributed by atoms with E-state index in [9.17, 15) is 31.2 Å². The molecule has 7 nitrogen and oxygen atoms in total. The smallest absolute Gasteiger partial charge is 0.305 e. The molecule has 0 unspecified atom stereocenters. The van der Waals surface area contributed by atoms with E-state index in [4.69, 9.17) is 11.6 Å². The average molecular weight is 462 g/mol. The Morgan fingerprint density at radius 1 is 1.10 bits per heavy atom. The number of rotatable bonds is 4. The van der Waals surface area contributed by atoms with E-state index in [0.29, 0.717) is 17.7 Å². The highest BCUT2D eigenvalue weighted by molar-refractivity contribution is 7.92. The number of halogens is 4. The van der Waals surface area contributed by atoms with E-state index >= 15 is 0 Å². The second-order valence-corrected chi connectivity index (χ2v) is 9.33. The third-order valence-corrected chi connectivity index (χ3v) is 6.37. The zero-order valence-electron chi connectivity index (χ0n) is 15.6. The molecule has 0 spiro atoms. The lowest BCUT2D eigenvalue weighted by atomic mass is 10.0. The third kappa shape index (κ3) is 3.63. The number of amides is 3. The van der Waals surface area contributed by atoms with E-state index in [-0.39, 0.29) is 17.4 Å². The number of anilines is 1. The van der Waals surface area contributed by atoms with Crippen molar-refractivity contribution in [3.05, 3.63) is 53.3 Å². The van der Waals surface area contributed by atoms with Gasteiger partial charge in [-0.15, -0.1) is 0 Å². The summed E-state index contributed by atoms with van der Waals surface area (Å²) < 4.78 is 61.1. The quantitative estimate of drug-likeness (QED) is 0.511. The minimum atomic E-state index is -5.54. The molecule has 2 heterocycles. The van der Waals surface area contributed by atoms with Gasteiger partial charge in [-0.3, -0.25) is 4.79 Å². The Kier molecular flexibility index (Phi) is 5.32. The molecule has 3 amide bonds. The number of urea groups is 1. The number of benzene rings is 1. The van der Waals surface area contributed by atoms with Crippen LogP contribution < -0.4 is 4.90 Å². The summed E-state index contributed by atoms with van der Waals surface area (Å²) in [6, 6.07) is 5.83. The number of carbonyl (C=O) groups excluding carboxylic acids is 2. The molecule has 0 atom stereocenters. The summed E-state index contributed by atoms with van der Waals surface area (Å²) >= 11 is 5.85. The maximum atomic E-state index is 12.9. The Labute approximate surface area is 175 Å². The van der Waals surface area contributed by atoms with Gasteiger partial charge in [0.1, 0.15) is 10.7 Å². The summed E-state index contributed by atoms with van der Waals surface area (Å²) in [5.41, 5.74) is -6.14. The number of sulfone groups is 1. The van der Waals surface area contributed by atoms with Crippen molar-refractivity contribution in [3.63, 3.8) is 0 Å². The van der Waals surface area contributed by atoms with Gasteiger partial charge < -0.3 is 4.90 Å². The Balaban J connectivity index is 1.93. The molecule has 0 bridgehead atoms. The molecule has 0 aliphatic carbocycles. The highest BCUT2D eigenvalue weighted by atomic mass is 35.5. The van der Waals surface area contributed by atoms with Gasteiger partial charge in [0.25, 0.3) is 15.7 Å². The summed E-state index contributed by atoms with van der Waals surface area (Å²) in [5.74, 6) is -0.612. The van der Waals surface area contributed by atoms with Crippen LogP contribution in [-0.2, 0) is 21.2 Å². The van der Waals surface area contributed by atoms with Gasteiger partial charge >= 0.3 is 11.5 Å². The molecule has 30 heavy (non-hydrogen) atoms. The largest absolute Gasteiger partial charge is 0.501 e. The lowest BCUT2D eigenvalue weighted by Crippen LogP contribution is -2.43. The van der Waals surface area contributed by atoms with Crippen LogP contribution in [0.5, 0.6) is 0 Å². The highest BCUT2D eigenvalue weighted by Gasteiger charge is 2.52. The Morgan fingerprint density at radius 3 is 2.23 bits per heavy atom. The van der Waals surface area contributed by atoms with Crippen LogP contribution in [0.3, 0.4) is 0 Å². The van der Waals surface area contributed by atoms with E-state index in [1.807, 2.05) is 0 Å². The van der Waals surface area contributed by atoms with Crippen LogP contribution in [0.1, 0.15) is 19.4 Å². The third-order valence-electron chi connectivity index (χ3n) is 4.67. The molecule has 0 N–H and O–H groups in total. The van der Waals surface area contributed by atoms with Crippen LogP contribution in [0.2, 0.25) is 5.15 Å². The van der Waals surface area contributed by atoms with Crippen molar-refractivity contribution in [2.24, 2.45) is 0 Å². The lowest BCUT2D eigenvalue weighted by molar-refractivity contribution is -0.123. The number of carbonyl (C=O) groups is 2. The molecule has 1 aromatic heterocycles. The van der Waals surface area contributed by atoms with Crippen LogP contribution in [0.15, 0.2) is 47.5 Å². The number of imide groups is 1. The molecule has 3 rings (SSSR count). The first-order chi connectivity index (χ1) is 13.8. The molecule has 1 aliphatic rings. The Hall–Kier alpha value is -2.66. The zero-order chi connectivity index (χ0) is 22.5. The van der Waals surface area contributed by atoms with E-state index < -0.39 is 37.7 Å². The predicted molar refractivity (Wildman–Crippen MR) is 101 cm³/mol. The van der Waals surface area contributed by atoms with Crippen molar-refractivity contribution in [3.8, 4) is 0 Å². The van der Waals surface area contributed by atoms with E-state index in [1.54, 1.807) is 6.07 Å². The number of hydrogen-bond donors (Lipinski definition) is 0. The van der Waals surface area contributed by atoms with Gasteiger partial charge in [-0.2, -0.15) is 13.2 Å². The first-order valence-corrected chi connectivity index (χ1v) is 10.3. The number of aromatic nitrogens is 1. The van der Waals surface area contributed by atoms with Crippen molar-refractivity contribution < 1.29 is 31.2 Å². The number of pyridine rings is 1. The maximum absolute atomic E-state index is 12.9. The van der Waals surface area contributed by atoms with E-state index in [1.165, 1.54) is 31.0 Å². The monoisotopic (exact) mass is 461 g/mol. The van der Waals surface area contributed by atoms with Crippen LogP contribution in [0.25, 0.3) is 0 Å². The van der Waals surface area contributed by atoms with Gasteiger partial charge in [0, 0.05) is 12.7 Å². The second-order valence-electron chi connectivity index (χ2n) is 7.00. The summed E-state index contributed by atoms with van der Waals surface area (Å²) in [7, 11) is -5.54. The van der Waals surface area contributed by atoms with Crippen LogP contribution in [0.4, 0.5) is 23.7 Å². The summed E-state index contributed by atoms with van der Waals surface area (Å²) in [4.78, 5) is 30.8. The molecule has 1 aliphatic heterocycles. The Morgan fingerprint density at radius 2 is 1.70 bits per heavy atom. The number of alkyl halides is 3. The van der Waals surface area contributed by atoms with Crippen molar-refractivity contribution in [2.45, 2.75) is 36.3 Å². The minimum Gasteiger partial charge on any atom is -0.305 e. The highest BCUT2D eigenvalue weighted by Crippen LogP contribution is 2.35. The maximum Gasteiger partial charge on any atom is 0.501 e. The van der Waals surface area contributed by atoms with Gasteiger partial charge in [0.2, 0.25) is 0 Å². The van der Waals surface area contributed by atoms with Gasteiger partial charge in [0.15, 0.2) is 0 Å². The van der Waals surface area contributed by atoms with Gasteiger partial charge in [-0.05, 0) is 55.8 Å². The summed E-state index contributed by atoms with van der Waals surface area (Å²) in [5, 5.41) is 0.210. The molecule has 0 radical (unpaired) electrons. The molecule has 160 valence electrons. The predicted octanol–water partition coefficient (Wildman–Crippen LogP) is 3.78. The van der Waals surface area contributed by atoms with Gasteiger partial charge in [-0.1, -0.05) is 11.6 Å². The molecule has 0 saturated carbocycles. The fourth-order valence-corrected chi connectivity index (χ4v) is 3.92. The fraction of sp³-hybridized carbons (Fsp3) is 0.278. The molecular weight excluding hydrogens is 447 g/mol. The first-order valence-electron chi connectivity index (χ1n) is 8.45. The lowest BCUT2D eigenvalue weighted by Gasteiger charge is -2.27. The second kappa shape index (κ2) is 7.24. The average Bonchev–Trinajstić information content (AvgIpc) is 2.81.